The van der Waals surface area contributed by atoms with Crippen LogP contribution in [-0.2, 0) is 90.1 Å². The Morgan fingerprint density at radius 3 is 1.13 bits per heavy atom. The van der Waals surface area contributed by atoms with Crippen LogP contribution < -0.4 is 10.6 Å². The van der Waals surface area contributed by atoms with Gasteiger partial charge in [0.05, 0.1) is 83.9 Å². The minimum atomic E-state index is -2.75. The molecular weight excluding hydrogens is 1530 g/mol. The standard InChI is InChI=1S/C83H148N3O29P/c1-58-74(99)77(102)68(52-87)113-80(58)110-42-23-20-31-62(90)27-15-12-17-29-64(92)36-45-107-55-83(50-66(94)33-14-10-8-6-7-9-11-19-35-73(98)86-51-67(95)49-61(86)39-48-116(5,105)106-4,56-108-46-37-65(93)30-18-13-16-28-63(91)32-21-24-43-111-81-59(2)75(100)78(103)69(53-88)114-81)57-109-47-38-72(97)85-41-26-40-84-71(96)34-22-25-44-112-82-60(3)76(101)79(104)70(54-89)115-82/h58-61,67-70,74-82,87-89,95,99-104H,6-57H2,1-5H3,(H,84,96)(H,85,97)/t58?,59?,60?,61-,67-,68?,69?,70?,74?,75?,76?,77?,78?,79?,80?,81?,82?,83?,116?/m1/s1. The summed E-state index contributed by atoms with van der Waals surface area (Å²) in [5.41, 5.74) is -1.09. The lowest BCUT2D eigenvalue weighted by Gasteiger charge is -2.40. The van der Waals surface area contributed by atoms with Gasteiger partial charge in [-0.05, 0) is 96.3 Å². The van der Waals surface area contributed by atoms with Crippen LogP contribution in [0.25, 0.3) is 0 Å². The number of unbranched alkanes of at least 4 members (excludes halogenated alkanes) is 14. The summed E-state index contributed by atoms with van der Waals surface area (Å²) in [6.07, 6.45) is 5.65. The zero-order chi connectivity index (χ0) is 85.3. The number of ether oxygens (including phenoxy) is 9. The normalized spacial score (nSPS) is 26.6. The predicted molar refractivity (Wildman–Crippen MR) is 428 cm³/mol. The highest BCUT2D eigenvalue weighted by Crippen LogP contribution is 2.43. The van der Waals surface area contributed by atoms with Gasteiger partial charge in [0.2, 0.25) is 17.7 Å². The second kappa shape index (κ2) is 59.9. The summed E-state index contributed by atoms with van der Waals surface area (Å²) >= 11 is 0. The monoisotopic (exact) mass is 1680 g/mol. The van der Waals surface area contributed by atoms with Gasteiger partial charge in [0.15, 0.2) is 26.2 Å². The molecule has 4 aliphatic heterocycles. The van der Waals surface area contributed by atoms with Crippen LogP contribution in [0.5, 0.6) is 0 Å². The fraction of sp³-hybridized carbons (Fsp3) is 0.904. The Balaban J connectivity index is 1.28. The first-order chi connectivity index (χ1) is 55.6. The molecule has 4 fully saturated rings. The van der Waals surface area contributed by atoms with Gasteiger partial charge in [-0.3, -0.25) is 42.9 Å². The molecule has 0 radical (unpaired) electrons. The van der Waals surface area contributed by atoms with Gasteiger partial charge >= 0.3 is 0 Å². The number of rotatable bonds is 69. The van der Waals surface area contributed by atoms with E-state index in [0.717, 1.165) is 44.9 Å². The molecule has 0 aromatic carbocycles. The van der Waals surface area contributed by atoms with Crippen molar-refractivity contribution in [3.05, 3.63) is 0 Å². The number of aliphatic hydroxyl groups excluding tert-OH is 10. The van der Waals surface area contributed by atoms with Crippen molar-refractivity contribution in [3.63, 3.8) is 0 Å². The zero-order valence-electron chi connectivity index (χ0n) is 70.2. The van der Waals surface area contributed by atoms with Crippen molar-refractivity contribution >= 4 is 54.0 Å². The molecule has 0 aromatic rings. The van der Waals surface area contributed by atoms with Gasteiger partial charge < -0.3 is 114 Å². The summed E-state index contributed by atoms with van der Waals surface area (Å²) in [4.78, 5) is 107. The number of β-amino-alcohol motifs (C(OH)–C–C–N with tert-alkyl or cyclic N) is 1. The number of likely N-dealkylation sites (tertiary alicyclic amines) is 1. The molecule has 4 rings (SSSR count). The molecule has 0 aromatic heterocycles. The summed E-state index contributed by atoms with van der Waals surface area (Å²) in [6, 6.07) is -0.165. The first kappa shape index (κ1) is 105. The molecule has 12 N–H and O–H groups in total. The number of Topliss-reactive ketones (excluding diaryl/α,β-unsaturated/α-hetero) is 5. The molecule has 4 saturated heterocycles. The maximum absolute atomic E-state index is 14.2. The fourth-order valence-electron chi connectivity index (χ4n) is 14.9. The van der Waals surface area contributed by atoms with Crippen LogP contribution in [0.2, 0.25) is 0 Å². The van der Waals surface area contributed by atoms with E-state index in [0.29, 0.717) is 148 Å². The van der Waals surface area contributed by atoms with Gasteiger partial charge in [0.25, 0.3) is 0 Å². The summed E-state index contributed by atoms with van der Waals surface area (Å²) < 4.78 is 70.5. The molecule has 32 nitrogen and oxygen atoms in total. The van der Waals surface area contributed by atoms with Crippen LogP contribution in [0, 0.1) is 23.2 Å². The van der Waals surface area contributed by atoms with E-state index in [2.05, 4.69) is 10.6 Å². The summed E-state index contributed by atoms with van der Waals surface area (Å²) in [5, 5.41) is 106. The minimum absolute atomic E-state index is 0.00496. The fourth-order valence-corrected chi connectivity index (χ4v) is 15.8. The highest BCUT2D eigenvalue weighted by atomic mass is 31.2. The summed E-state index contributed by atoms with van der Waals surface area (Å²) in [5.74, 6) is -1.98. The van der Waals surface area contributed by atoms with E-state index in [1.807, 2.05) is 0 Å². The van der Waals surface area contributed by atoms with Gasteiger partial charge in [-0.1, -0.05) is 72.1 Å². The maximum atomic E-state index is 14.2. The molecule has 0 spiro atoms. The Kier molecular flexibility index (Phi) is 53.9. The maximum Gasteiger partial charge on any atom is 0.222 e. The lowest BCUT2D eigenvalue weighted by atomic mass is 9.83. The van der Waals surface area contributed by atoms with Crippen LogP contribution in [0.3, 0.4) is 0 Å². The SMILES string of the molecule is COP(C)(=O)CC[C@@H]1C[C@@H](O)CN1C(=O)CCCCCCCCCCC(=O)CC(COCCC(=O)CCCCCC(=O)CCCCOC1OC(CO)C(O)C(O)C1C)(COCCC(=O)CCCCCC(=O)CCCCOC1OC(CO)C(O)C(O)C1C)COCCC(=O)NCCCNC(=O)CCCCOC1OC(CO)C(O)C(O)C1C. The third-order valence-corrected chi connectivity index (χ3v) is 24.5. The number of hydrogen-bond donors (Lipinski definition) is 12. The van der Waals surface area contributed by atoms with Crippen molar-refractivity contribution in [2.45, 2.75) is 338 Å². The molecule has 18 atom stereocenters. The van der Waals surface area contributed by atoms with Crippen molar-refractivity contribution in [2.24, 2.45) is 23.2 Å². The van der Waals surface area contributed by atoms with Gasteiger partial charge in [-0.25, -0.2) is 0 Å². The highest BCUT2D eigenvalue weighted by Gasteiger charge is 2.45. The molecule has 0 bridgehead atoms. The van der Waals surface area contributed by atoms with Gasteiger partial charge in [-0.15, -0.1) is 0 Å². The quantitative estimate of drug-likeness (QED) is 0.0262. The lowest BCUT2D eigenvalue weighted by molar-refractivity contribution is -0.282. The van der Waals surface area contributed by atoms with E-state index in [1.165, 1.54) is 7.11 Å². The number of aliphatic hydroxyl groups is 10. The summed E-state index contributed by atoms with van der Waals surface area (Å²) in [6.45, 7) is 6.75. The Hall–Kier alpha value is -3.81. The van der Waals surface area contributed by atoms with Crippen LogP contribution >= 0.6 is 7.37 Å². The molecule has 33 heteroatoms. The molecule has 3 amide bonds. The number of nitrogens with one attached hydrogen (secondary N) is 2. The number of amides is 3. The summed E-state index contributed by atoms with van der Waals surface area (Å²) in [7, 11) is -1.33. The minimum Gasteiger partial charge on any atom is -0.394 e. The van der Waals surface area contributed by atoms with Crippen molar-refractivity contribution in [1.29, 1.82) is 0 Å². The van der Waals surface area contributed by atoms with Crippen molar-refractivity contribution in [2.75, 3.05) is 119 Å². The van der Waals surface area contributed by atoms with Crippen molar-refractivity contribution in [3.8, 4) is 0 Å². The number of carbonyl (C=O) groups excluding carboxylic acids is 8. The van der Waals surface area contributed by atoms with Crippen LogP contribution in [0.1, 0.15) is 252 Å². The van der Waals surface area contributed by atoms with E-state index in [4.69, 9.17) is 47.2 Å². The topological polar surface area (TPSA) is 476 Å². The van der Waals surface area contributed by atoms with Crippen LogP contribution in [-0.4, -0.2) is 307 Å². The number of nitrogens with zero attached hydrogens (tertiary/aromatic N) is 1. The highest BCUT2D eigenvalue weighted by molar-refractivity contribution is 7.58. The Bertz CT molecular complexity index is 2600. The Morgan fingerprint density at radius 1 is 0.414 bits per heavy atom. The van der Waals surface area contributed by atoms with E-state index >= 15 is 0 Å². The first-order valence-electron chi connectivity index (χ1n) is 43.3. The largest absolute Gasteiger partial charge is 0.394 e. The Labute approximate surface area is 687 Å². The second-order valence-electron chi connectivity index (χ2n) is 32.8. The molecule has 16 unspecified atom stereocenters. The number of carbonyl (C=O) groups is 8. The molecule has 4 aliphatic rings. The van der Waals surface area contributed by atoms with Gasteiger partial charge in [-0.2, -0.15) is 0 Å². The van der Waals surface area contributed by atoms with E-state index in [9.17, 15) is 94.0 Å². The second-order valence-corrected chi connectivity index (χ2v) is 35.6. The van der Waals surface area contributed by atoms with Crippen LogP contribution in [0.15, 0.2) is 0 Å². The van der Waals surface area contributed by atoms with Gasteiger partial charge in [0, 0.05) is 172 Å². The lowest BCUT2D eigenvalue weighted by Crippen LogP contribution is -2.55. The molecule has 0 saturated carbocycles. The van der Waals surface area contributed by atoms with Crippen LogP contribution in [0.4, 0.5) is 0 Å². The third-order valence-electron chi connectivity index (χ3n) is 22.6. The molecule has 674 valence electrons. The number of ketones is 5. The van der Waals surface area contributed by atoms with Crippen molar-refractivity contribution < 1.29 is 141 Å². The van der Waals surface area contributed by atoms with Gasteiger partial charge in [0.1, 0.15) is 65.5 Å². The predicted octanol–water partition coefficient (Wildman–Crippen LogP) is 5.55. The van der Waals surface area contributed by atoms with Crippen molar-refractivity contribution in [1.82, 2.24) is 15.5 Å². The van der Waals surface area contributed by atoms with E-state index < -0.39 is 130 Å². The molecule has 116 heavy (non-hydrogen) atoms. The zero-order valence-corrected chi connectivity index (χ0v) is 71.1. The average Bonchev–Trinajstić information content (AvgIpc) is 1.41. The van der Waals surface area contributed by atoms with E-state index in [-0.39, 0.29) is 177 Å². The molecule has 0 aliphatic carbocycles. The molecular formula is C83H148N3O29P. The average molecular weight is 1680 g/mol. The first-order valence-corrected chi connectivity index (χ1v) is 45.5. The number of hydrogen-bond acceptors (Lipinski definition) is 29. The molecule has 4 heterocycles. The third kappa shape index (κ3) is 41.8. The smallest absolute Gasteiger partial charge is 0.222 e. The Morgan fingerprint density at radius 2 is 0.741 bits per heavy atom. The van der Waals surface area contributed by atoms with E-state index in [1.54, 1.807) is 32.3 Å².